The number of likely N-dealkylation sites (N-methyl/N-ethyl adjacent to an activating group) is 1. The van der Waals surface area contributed by atoms with E-state index < -0.39 is 0 Å². The Bertz CT molecular complexity index is 554. The summed E-state index contributed by atoms with van der Waals surface area (Å²) in [5.74, 6) is 1.03. The lowest BCUT2D eigenvalue weighted by molar-refractivity contribution is 0.588. The molecule has 102 valence electrons. The van der Waals surface area contributed by atoms with E-state index in [2.05, 4.69) is 70.2 Å². The van der Waals surface area contributed by atoms with Crippen LogP contribution >= 0.6 is 15.9 Å². The summed E-state index contributed by atoms with van der Waals surface area (Å²) < 4.78 is 1.11. The number of halogens is 1. The van der Waals surface area contributed by atoms with E-state index in [0.717, 1.165) is 23.4 Å². The van der Waals surface area contributed by atoms with Gasteiger partial charge in [0.1, 0.15) is 5.82 Å². The minimum Gasteiger partial charge on any atom is -0.358 e. The smallest absolute Gasteiger partial charge is 0.136 e. The predicted molar refractivity (Wildman–Crippen MR) is 85.9 cm³/mol. The van der Waals surface area contributed by atoms with E-state index >= 15 is 0 Å². The van der Waals surface area contributed by atoms with Crippen molar-refractivity contribution in [2.75, 3.05) is 25.0 Å². The van der Waals surface area contributed by atoms with Crippen LogP contribution in [0.25, 0.3) is 10.8 Å². The van der Waals surface area contributed by atoms with Crippen LogP contribution in [0.15, 0.2) is 34.9 Å². The molecule has 3 nitrogen and oxygen atoms in total. The van der Waals surface area contributed by atoms with Gasteiger partial charge in [-0.3, -0.25) is 0 Å². The molecule has 2 rings (SSSR count). The summed E-state index contributed by atoms with van der Waals surface area (Å²) in [6, 6.07) is 8.80. The van der Waals surface area contributed by atoms with Crippen molar-refractivity contribution in [1.29, 1.82) is 0 Å². The van der Waals surface area contributed by atoms with Crippen molar-refractivity contribution < 1.29 is 0 Å². The molecule has 0 saturated carbocycles. The predicted octanol–water partition coefficient (Wildman–Crippen LogP) is 3.43. The van der Waals surface area contributed by atoms with Crippen LogP contribution in [0.1, 0.15) is 13.8 Å². The van der Waals surface area contributed by atoms with Gasteiger partial charge >= 0.3 is 0 Å². The number of hydrogen-bond donors (Lipinski definition) is 1. The van der Waals surface area contributed by atoms with Gasteiger partial charge < -0.3 is 10.2 Å². The lowest BCUT2D eigenvalue weighted by Gasteiger charge is -2.21. The SMILES string of the molecule is CC(C)NCCN(C)c1nccc2c(Br)cccc12. The molecular formula is C15H20BrN3. The molecule has 0 unspecified atom stereocenters. The number of nitrogens with zero attached hydrogens (tertiary/aromatic N) is 2. The van der Waals surface area contributed by atoms with E-state index in [-0.39, 0.29) is 0 Å². The van der Waals surface area contributed by atoms with Crippen molar-refractivity contribution in [2.24, 2.45) is 0 Å². The van der Waals surface area contributed by atoms with E-state index in [1.54, 1.807) is 0 Å². The van der Waals surface area contributed by atoms with Crippen LogP contribution in [0.2, 0.25) is 0 Å². The maximum Gasteiger partial charge on any atom is 0.136 e. The molecule has 0 fully saturated rings. The Hall–Kier alpha value is -1.13. The van der Waals surface area contributed by atoms with E-state index in [4.69, 9.17) is 0 Å². The van der Waals surface area contributed by atoms with E-state index in [1.165, 1.54) is 10.8 Å². The van der Waals surface area contributed by atoms with Gasteiger partial charge in [0.15, 0.2) is 0 Å². The molecule has 0 amide bonds. The monoisotopic (exact) mass is 321 g/mol. The molecule has 0 radical (unpaired) electrons. The first-order valence-corrected chi connectivity index (χ1v) is 7.36. The third kappa shape index (κ3) is 3.45. The quantitative estimate of drug-likeness (QED) is 0.914. The second-order valence-electron chi connectivity index (χ2n) is 5.00. The van der Waals surface area contributed by atoms with Gasteiger partial charge in [-0.05, 0) is 12.1 Å². The van der Waals surface area contributed by atoms with Gasteiger partial charge in [0.25, 0.3) is 0 Å². The third-order valence-electron chi connectivity index (χ3n) is 3.09. The number of aromatic nitrogens is 1. The third-order valence-corrected chi connectivity index (χ3v) is 3.78. The highest BCUT2D eigenvalue weighted by Gasteiger charge is 2.08. The van der Waals surface area contributed by atoms with Gasteiger partial charge in [-0.25, -0.2) is 4.98 Å². The first-order valence-electron chi connectivity index (χ1n) is 6.57. The minimum atomic E-state index is 0.517. The van der Waals surface area contributed by atoms with Crippen LogP contribution in [0.4, 0.5) is 5.82 Å². The molecule has 0 aliphatic heterocycles. The Morgan fingerprint density at radius 2 is 2.05 bits per heavy atom. The molecule has 19 heavy (non-hydrogen) atoms. The highest BCUT2D eigenvalue weighted by Crippen LogP contribution is 2.28. The summed E-state index contributed by atoms with van der Waals surface area (Å²) in [7, 11) is 2.09. The summed E-state index contributed by atoms with van der Waals surface area (Å²) >= 11 is 3.59. The summed E-state index contributed by atoms with van der Waals surface area (Å²) in [5, 5.41) is 5.82. The number of hydrogen-bond acceptors (Lipinski definition) is 3. The maximum absolute atomic E-state index is 4.52. The van der Waals surface area contributed by atoms with E-state index in [1.807, 2.05) is 12.3 Å². The molecular weight excluding hydrogens is 302 g/mol. The maximum atomic E-state index is 4.52. The van der Waals surface area contributed by atoms with Crippen molar-refractivity contribution in [1.82, 2.24) is 10.3 Å². The van der Waals surface area contributed by atoms with Crippen LogP contribution in [0.5, 0.6) is 0 Å². The Balaban J connectivity index is 2.22. The molecule has 0 bridgehead atoms. The number of pyridine rings is 1. The number of anilines is 1. The van der Waals surface area contributed by atoms with E-state index in [9.17, 15) is 0 Å². The average molecular weight is 322 g/mol. The van der Waals surface area contributed by atoms with Crippen molar-refractivity contribution in [3.05, 3.63) is 34.9 Å². The number of rotatable bonds is 5. The normalized spacial score (nSPS) is 11.2. The van der Waals surface area contributed by atoms with Crippen molar-refractivity contribution in [3.8, 4) is 0 Å². The topological polar surface area (TPSA) is 28.2 Å². The zero-order valence-corrected chi connectivity index (χ0v) is 13.2. The number of fused-ring (bicyclic) bond motifs is 1. The minimum absolute atomic E-state index is 0.517. The Morgan fingerprint density at radius 1 is 1.26 bits per heavy atom. The van der Waals surface area contributed by atoms with Gasteiger partial charge in [-0.2, -0.15) is 0 Å². The number of nitrogens with one attached hydrogen (secondary N) is 1. The van der Waals surface area contributed by atoms with Gasteiger partial charge in [-0.15, -0.1) is 0 Å². The molecule has 0 spiro atoms. The average Bonchev–Trinajstić information content (AvgIpc) is 2.38. The molecule has 0 aliphatic carbocycles. The second kappa shape index (κ2) is 6.35. The fourth-order valence-corrected chi connectivity index (χ4v) is 2.58. The highest BCUT2D eigenvalue weighted by atomic mass is 79.9. The molecule has 1 aromatic heterocycles. The molecule has 0 saturated heterocycles. The first-order chi connectivity index (χ1) is 9.09. The molecule has 4 heteroatoms. The molecule has 1 heterocycles. The fraction of sp³-hybridized carbons (Fsp3) is 0.400. The van der Waals surface area contributed by atoms with E-state index in [0.29, 0.717) is 6.04 Å². The van der Waals surface area contributed by atoms with Crippen molar-refractivity contribution in [2.45, 2.75) is 19.9 Å². The van der Waals surface area contributed by atoms with Gasteiger partial charge in [0, 0.05) is 47.6 Å². The fourth-order valence-electron chi connectivity index (χ4n) is 2.08. The number of benzene rings is 1. The highest BCUT2D eigenvalue weighted by molar-refractivity contribution is 9.10. The van der Waals surface area contributed by atoms with Crippen molar-refractivity contribution >= 4 is 32.5 Å². The van der Waals surface area contributed by atoms with Crippen LogP contribution in [0.3, 0.4) is 0 Å². The van der Waals surface area contributed by atoms with Crippen molar-refractivity contribution in [3.63, 3.8) is 0 Å². The lowest BCUT2D eigenvalue weighted by Crippen LogP contribution is -2.33. The first kappa shape index (κ1) is 14.3. The summed E-state index contributed by atoms with van der Waals surface area (Å²) in [5.41, 5.74) is 0. The van der Waals surface area contributed by atoms with Crippen LogP contribution < -0.4 is 10.2 Å². The van der Waals surface area contributed by atoms with Crippen LogP contribution in [0, 0.1) is 0 Å². The summed E-state index contributed by atoms with van der Waals surface area (Å²) in [6.07, 6.45) is 1.87. The summed E-state index contributed by atoms with van der Waals surface area (Å²) in [4.78, 5) is 6.72. The molecule has 0 aliphatic rings. The Kier molecular flexibility index (Phi) is 4.77. The van der Waals surface area contributed by atoms with Crippen LogP contribution in [-0.2, 0) is 0 Å². The molecule has 0 atom stereocenters. The zero-order valence-electron chi connectivity index (χ0n) is 11.7. The standard InChI is InChI=1S/C15H20BrN3/c1-11(2)17-9-10-19(3)15-13-5-4-6-14(16)12(13)7-8-18-15/h4-8,11,17H,9-10H2,1-3H3. The van der Waals surface area contributed by atoms with Gasteiger partial charge in [0.05, 0.1) is 0 Å². The largest absolute Gasteiger partial charge is 0.358 e. The van der Waals surface area contributed by atoms with Gasteiger partial charge in [0.2, 0.25) is 0 Å². The Labute approximate surface area is 123 Å². The van der Waals surface area contributed by atoms with Crippen LogP contribution in [-0.4, -0.2) is 31.2 Å². The molecule has 1 N–H and O–H groups in total. The second-order valence-corrected chi connectivity index (χ2v) is 5.85. The van der Waals surface area contributed by atoms with Gasteiger partial charge in [-0.1, -0.05) is 41.9 Å². The summed E-state index contributed by atoms with van der Waals surface area (Å²) in [6.45, 7) is 6.22. The lowest BCUT2D eigenvalue weighted by atomic mass is 10.1. The molecule has 1 aromatic carbocycles. The zero-order chi connectivity index (χ0) is 13.8. The Morgan fingerprint density at radius 3 is 2.79 bits per heavy atom. The molecule has 2 aromatic rings.